The number of aromatic amines is 1. The second-order valence-electron chi connectivity index (χ2n) is 3.74. The van der Waals surface area contributed by atoms with Gasteiger partial charge in [-0.05, 0) is 16.0 Å². The topological polar surface area (TPSA) is 95.6 Å². The van der Waals surface area contributed by atoms with Gasteiger partial charge in [0.1, 0.15) is 5.82 Å². The molecule has 0 saturated carbocycles. The van der Waals surface area contributed by atoms with Gasteiger partial charge >= 0.3 is 0 Å². The van der Waals surface area contributed by atoms with E-state index in [1.165, 1.54) is 0 Å². The second-order valence-corrected chi connectivity index (χ2v) is 3.74. The molecule has 2 aromatic rings. The molecule has 0 aliphatic heterocycles. The van der Waals surface area contributed by atoms with Crippen LogP contribution in [0.2, 0.25) is 0 Å². The van der Waals surface area contributed by atoms with Crippen LogP contribution in [-0.2, 0) is 17.8 Å². The summed E-state index contributed by atoms with van der Waals surface area (Å²) in [7, 11) is 0. The number of hydrogen-bond donors (Lipinski definition) is 3. The van der Waals surface area contributed by atoms with Gasteiger partial charge in [-0.15, -0.1) is 5.10 Å². The SMILES string of the molecule is O=C(CCc1nnn[nH]1)NNCc1ccccc1. The Kier molecular flexibility index (Phi) is 4.37. The predicted molar refractivity (Wildman–Crippen MR) is 63.9 cm³/mol. The number of rotatable bonds is 6. The van der Waals surface area contributed by atoms with Crippen LogP contribution >= 0.6 is 0 Å². The summed E-state index contributed by atoms with van der Waals surface area (Å²) in [5.74, 6) is 0.510. The number of nitrogens with zero attached hydrogens (tertiary/aromatic N) is 3. The summed E-state index contributed by atoms with van der Waals surface area (Å²) in [5.41, 5.74) is 6.60. The lowest BCUT2D eigenvalue weighted by Gasteiger charge is -2.06. The minimum absolute atomic E-state index is 0.0951. The standard InChI is InChI=1S/C11H14N6O/c18-11(7-6-10-13-16-17-14-10)15-12-8-9-4-2-1-3-5-9/h1-5,12H,6-8H2,(H,15,18)(H,13,14,16,17). The molecular weight excluding hydrogens is 232 g/mol. The van der Waals surface area contributed by atoms with Crippen LogP contribution in [0.4, 0.5) is 0 Å². The molecule has 0 aliphatic rings. The van der Waals surface area contributed by atoms with Crippen LogP contribution in [0.3, 0.4) is 0 Å². The van der Waals surface area contributed by atoms with Gasteiger partial charge in [0.15, 0.2) is 0 Å². The number of benzene rings is 1. The van der Waals surface area contributed by atoms with E-state index < -0.39 is 0 Å². The van der Waals surface area contributed by atoms with Gasteiger partial charge in [0.2, 0.25) is 5.91 Å². The van der Waals surface area contributed by atoms with E-state index >= 15 is 0 Å². The van der Waals surface area contributed by atoms with Crippen molar-refractivity contribution in [2.45, 2.75) is 19.4 Å². The molecule has 1 aromatic heterocycles. The minimum atomic E-state index is -0.0951. The van der Waals surface area contributed by atoms with Crippen molar-refractivity contribution in [3.05, 3.63) is 41.7 Å². The van der Waals surface area contributed by atoms with Crippen molar-refractivity contribution < 1.29 is 4.79 Å². The van der Waals surface area contributed by atoms with E-state index in [0.29, 0.717) is 25.2 Å². The van der Waals surface area contributed by atoms with Crippen LogP contribution in [0.25, 0.3) is 0 Å². The zero-order chi connectivity index (χ0) is 12.6. The molecule has 0 fully saturated rings. The molecule has 0 unspecified atom stereocenters. The van der Waals surface area contributed by atoms with Crippen molar-refractivity contribution in [1.29, 1.82) is 0 Å². The number of amides is 1. The molecule has 1 amide bonds. The van der Waals surface area contributed by atoms with Gasteiger partial charge in [-0.2, -0.15) is 0 Å². The molecule has 7 nitrogen and oxygen atoms in total. The molecule has 0 bridgehead atoms. The molecule has 3 N–H and O–H groups in total. The number of H-pyrrole nitrogens is 1. The van der Waals surface area contributed by atoms with Gasteiger partial charge in [0.25, 0.3) is 0 Å². The van der Waals surface area contributed by atoms with E-state index in [0.717, 1.165) is 5.56 Å². The maximum Gasteiger partial charge on any atom is 0.234 e. The first-order chi connectivity index (χ1) is 8.84. The highest BCUT2D eigenvalue weighted by molar-refractivity contribution is 5.75. The summed E-state index contributed by atoms with van der Waals surface area (Å²) in [5, 5.41) is 13.2. The van der Waals surface area contributed by atoms with Crippen molar-refractivity contribution in [2.75, 3.05) is 0 Å². The van der Waals surface area contributed by atoms with Crippen LogP contribution < -0.4 is 10.9 Å². The predicted octanol–water partition coefficient (Wildman–Crippen LogP) is -0.0467. The van der Waals surface area contributed by atoms with Gasteiger partial charge in [-0.3, -0.25) is 10.2 Å². The highest BCUT2D eigenvalue weighted by atomic mass is 16.2. The van der Waals surface area contributed by atoms with Gasteiger partial charge in [0, 0.05) is 19.4 Å². The third-order valence-corrected chi connectivity index (χ3v) is 2.34. The summed E-state index contributed by atoms with van der Waals surface area (Å²) in [4.78, 5) is 11.5. The smallest absolute Gasteiger partial charge is 0.234 e. The molecule has 0 atom stereocenters. The zero-order valence-electron chi connectivity index (χ0n) is 9.76. The van der Waals surface area contributed by atoms with Crippen LogP contribution in [0.1, 0.15) is 17.8 Å². The first kappa shape index (κ1) is 12.2. The summed E-state index contributed by atoms with van der Waals surface area (Å²) in [6.45, 7) is 0.594. The van der Waals surface area contributed by atoms with E-state index in [1.807, 2.05) is 30.3 Å². The number of nitrogens with one attached hydrogen (secondary N) is 3. The Labute approximate surface area is 104 Å². The van der Waals surface area contributed by atoms with Crippen LogP contribution in [0, 0.1) is 0 Å². The second kappa shape index (κ2) is 6.45. The zero-order valence-corrected chi connectivity index (χ0v) is 9.76. The lowest BCUT2D eigenvalue weighted by Crippen LogP contribution is -2.36. The van der Waals surface area contributed by atoms with Crippen molar-refractivity contribution in [3.63, 3.8) is 0 Å². The summed E-state index contributed by atoms with van der Waals surface area (Å²) in [6.07, 6.45) is 0.824. The normalized spacial score (nSPS) is 10.2. The number of aryl methyl sites for hydroxylation is 1. The van der Waals surface area contributed by atoms with Crippen molar-refractivity contribution >= 4 is 5.91 Å². The lowest BCUT2D eigenvalue weighted by atomic mass is 10.2. The molecular formula is C11H14N6O. The fourth-order valence-electron chi connectivity index (χ4n) is 1.42. The first-order valence-electron chi connectivity index (χ1n) is 5.63. The molecule has 94 valence electrons. The fourth-order valence-corrected chi connectivity index (χ4v) is 1.42. The van der Waals surface area contributed by atoms with Crippen molar-refractivity contribution in [3.8, 4) is 0 Å². The van der Waals surface area contributed by atoms with Crippen molar-refractivity contribution in [1.82, 2.24) is 31.5 Å². The van der Waals surface area contributed by atoms with Gasteiger partial charge < -0.3 is 0 Å². The van der Waals surface area contributed by atoms with E-state index in [4.69, 9.17) is 0 Å². The molecule has 18 heavy (non-hydrogen) atoms. The van der Waals surface area contributed by atoms with E-state index in [9.17, 15) is 4.79 Å². The van der Waals surface area contributed by atoms with E-state index in [1.54, 1.807) is 0 Å². The van der Waals surface area contributed by atoms with Gasteiger partial charge in [-0.25, -0.2) is 10.5 Å². The number of aromatic nitrogens is 4. The molecule has 7 heteroatoms. The number of tetrazole rings is 1. The van der Waals surface area contributed by atoms with E-state index in [2.05, 4.69) is 31.5 Å². The third-order valence-electron chi connectivity index (χ3n) is 2.34. The maximum atomic E-state index is 11.5. The van der Waals surface area contributed by atoms with Gasteiger partial charge in [-0.1, -0.05) is 30.3 Å². The monoisotopic (exact) mass is 246 g/mol. The number of carbonyl (C=O) groups is 1. The minimum Gasteiger partial charge on any atom is -0.291 e. The average Bonchev–Trinajstić information content (AvgIpc) is 2.91. The number of hydrogen-bond acceptors (Lipinski definition) is 5. The maximum absolute atomic E-state index is 11.5. The summed E-state index contributed by atoms with van der Waals surface area (Å²) >= 11 is 0. The quantitative estimate of drug-likeness (QED) is 0.621. The lowest BCUT2D eigenvalue weighted by molar-refractivity contribution is -0.122. The third kappa shape index (κ3) is 3.95. The van der Waals surface area contributed by atoms with Crippen molar-refractivity contribution in [2.24, 2.45) is 0 Å². The summed E-state index contributed by atoms with van der Waals surface area (Å²) < 4.78 is 0. The Balaban J connectivity index is 1.63. The molecule has 0 saturated heterocycles. The van der Waals surface area contributed by atoms with Crippen LogP contribution in [0.5, 0.6) is 0 Å². The Morgan fingerprint density at radius 1 is 1.28 bits per heavy atom. The Hall–Kier alpha value is -2.28. The number of hydrazine groups is 1. The van der Waals surface area contributed by atoms with E-state index in [-0.39, 0.29) is 5.91 Å². The van der Waals surface area contributed by atoms with Crippen LogP contribution in [-0.4, -0.2) is 26.5 Å². The Morgan fingerprint density at radius 2 is 2.11 bits per heavy atom. The summed E-state index contributed by atoms with van der Waals surface area (Å²) in [6, 6.07) is 9.83. The van der Waals surface area contributed by atoms with Gasteiger partial charge in [0.05, 0.1) is 0 Å². The Bertz CT molecular complexity index is 470. The molecule has 1 aromatic carbocycles. The fraction of sp³-hybridized carbons (Fsp3) is 0.273. The molecule has 1 heterocycles. The highest BCUT2D eigenvalue weighted by Gasteiger charge is 2.03. The molecule has 0 aliphatic carbocycles. The Morgan fingerprint density at radius 3 is 2.83 bits per heavy atom. The highest BCUT2D eigenvalue weighted by Crippen LogP contribution is 1.96. The molecule has 0 radical (unpaired) electrons. The average molecular weight is 246 g/mol. The molecule has 0 spiro atoms. The largest absolute Gasteiger partial charge is 0.291 e. The molecule has 2 rings (SSSR count). The van der Waals surface area contributed by atoms with Crippen LogP contribution in [0.15, 0.2) is 30.3 Å². The number of carbonyl (C=O) groups excluding carboxylic acids is 1. The first-order valence-corrected chi connectivity index (χ1v) is 5.63.